The van der Waals surface area contributed by atoms with Crippen molar-refractivity contribution in [2.45, 2.75) is 46.1 Å². The van der Waals surface area contributed by atoms with Crippen LogP contribution >= 0.6 is 0 Å². The molecule has 0 N–H and O–H groups in total. The normalized spacial score (nSPS) is 15.2. The van der Waals surface area contributed by atoms with Gasteiger partial charge in [-0.05, 0) is 52.7 Å². The van der Waals surface area contributed by atoms with Crippen LogP contribution in [0.5, 0.6) is 5.88 Å². The van der Waals surface area contributed by atoms with E-state index in [2.05, 4.69) is 26.7 Å². The van der Waals surface area contributed by atoms with Gasteiger partial charge in [-0.25, -0.2) is 14.4 Å². The number of hydrogen-bond donors (Lipinski definition) is 0. The molecule has 0 saturated carbocycles. The maximum absolute atomic E-state index is 13.7. The Balaban J connectivity index is 1.70. The molecule has 0 amide bonds. The molecule has 27 heavy (non-hydrogen) atoms. The lowest BCUT2D eigenvalue weighted by Crippen LogP contribution is -2.35. The molecule has 1 aromatic carbocycles. The highest BCUT2D eigenvalue weighted by molar-refractivity contribution is 5.49. The smallest absolute Gasteiger partial charge is 0.258 e. The average molecular weight is 367 g/mol. The number of aryl methyl sites for hydroxylation is 1. The molecule has 3 rings (SSSR count). The van der Waals surface area contributed by atoms with Crippen LogP contribution in [-0.4, -0.2) is 28.7 Å². The number of aromatic nitrogens is 2. The van der Waals surface area contributed by atoms with Crippen LogP contribution < -0.4 is 9.64 Å². The molecule has 4 nitrogen and oxygen atoms in total. The molecule has 0 aliphatic carbocycles. The first-order valence-electron chi connectivity index (χ1n) is 9.35. The third-order valence-electron chi connectivity index (χ3n) is 4.32. The first-order valence-corrected chi connectivity index (χ1v) is 9.35. The van der Waals surface area contributed by atoms with Gasteiger partial charge in [0.25, 0.3) is 5.88 Å². The van der Waals surface area contributed by atoms with E-state index in [4.69, 9.17) is 4.74 Å². The average Bonchev–Trinajstić information content (AvgIpc) is 2.62. The van der Waals surface area contributed by atoms with E-state index in [-0.39, 0.29) is 17.3 Å². The molecule has 0 spiro atoms. The molecular weight excluding hydrogens is 341 g/mol. The number of nitrogens with zero attached hydrogens (tertiary/aromatic N) is 3. The SMILES string of the molecule is Cc1cnc(OC(C)(C)C)c(N2CCC(C#Cc3ccccc3F)CC2)n1. The van der Waals surface area contributed by atoms with Gasteiger partial charge < -0.3 is 9.64 Å². The van der Waals surface area contributed by atoms with E-state index in [1.807, 2.05) is 33.8 Å². The minimum absolute atomic E-state index is 0.255. The fourth-order valence-electron chi connectivity index (χ4n) is 3.00. The summed E-state index contributed by atoms with van der Waals surface area (Å²) < 4.78 is 19.7. The minimum Gasteiger partial charge on any atom is -0.469 e. The van der Waals surface area contributed by atoms with Gasteiger partial charge in [0.1, 0.15) is 11.4 Å². The molecule has 1 aromatic heterocycles. The van der Waals surface area contributed by atoms with Crippen LogP contribution in [0.15, 0.2) is 30.5 Å². The lowest BCUT2D eigenvalue weighted by Gasteiger charge is -2.32. The molecule has 0 radical (unpaired) electrons. The second-order valence-electron chi connectivity index (χ2n) is 7.87. The third kappa shape index (κ3) is 5.19. The van der Waals surface area contributed by atoms with E-state index in [9.17, 15) is 4.39 Å². The van der Waals surface area contributed by atoms with Crippen LogP contribution in [0.3, 0.4) is 0 Å². The zero-order valence-electron chi connectivity index (χ0n) is 16.4. The highest BCUT2D eigenvalue weighted by Crippen LogP contribution is 2.30. The molecule has 0 bridgehead atoms. The maximum atomic E-state index is 13.7. The van der Waals surface area contributed by atoms with Crippen molar-refractivity contribution in [3.8, 4) is 17.7 Å². The van der Waals surface area contributed by atoms with Crippen LogP contribution in [0.1, 0.15) is 44.9 Å². The Morgan fingerprint density at radius 1 is 1.19 bits per heavy atom. The van der Waals surface area contributed by atoms with Gasteiger partial charge in [0.05, 0.1) is 17.5 Å². The van der Waals surface area contributed by atoms with Gasteiger partial charge in [-0.2, -0.15) is 0 Å². The number of benzene rings is 1. The quantitative estimate of drug-likeness (QED) is 0.739. The van der Waals surface area contributed by atoms with Crippen LogP contribution in [0.4, 0.5) is 10.2 Å². The summed E-state index contributed by atoms with van der Waals surface area (Å²) in [5.41, 5.74) is 1.00. The Hall–Kier alpha value is -2.61. The van der Waals surface area contributed by atoms with Gasteiger partial charge in [-0.3, -0.25) is 0 Å². The lowest BCUT2D eigenvalue weighted by atomic mass is 9.97. The number of anilines is 1. The molecule has 0 atom stereocenters. The van der Waals surface area contributed by atoms with Gasteiger partial charge in [0.2, 0.25) is 0 Å². The number of halogens is 1. The molecule has 142 valence electrons. The Morgan fingerprint density at radius 3 is 2.56 bits per heavy atom. The molecule has 2 aromatic rings. The second kappa shape index (κ2) is 7.96. The number of hydrogen-bond acceptors (Lipinski definition) is 4. The maximum Gasteiger partial charge on any atom is 0.258 e. The summed E-state index contributed by atoms with van der Waals surface area (Å²) in [5, 5.41) is 0. The predicted octanol–water partition coefficient (Wildman–Crippen LogP) is 4.37. The number of ether oxygens (including phenoxy) is 1. The molecule has 1 saturated heterocycles. The van der Waals surface area contributed by atoms with E-state index in [1.54, 1.807) is 18.3 Å². The van der Waals surface area contributed by atoms with E-state index >= 15 is 0 Å². The van der Waals surface area contributed by atoms with Crippen molar-refractivity contribution < 1.29 is 9.13 Å². The molecule has 1 fully saturated rings. The predicted molar refractivity (Wildman–Crippen MR) is 105 cm³/mol. The first-order chi connectivity index (χ1) is 12.8. The summed E-state index contributed by atoms with van der Waals surface area (Å²) in [4.78, 5) is 11.3. The minimum atomic E-state index is -0.331. The summed E-state index contributed by atoms with van der Waals surface area (Å²) >= 11 is 0. The van der Waals surface area contributed by atoms with Crippen molar-refractivity contribution in [3.05, 3.63) is 47.5 Å². The van der Waals surface area contributed by atoms with Crippen molar-refractivity contribution >= 4 is 5.82 Å². The van der Waals surface area contributed by atoms with E-state index < -0.39 is 0 Å². The third-order valence-corrected chi connectivity index (χ3v) is 4.32. The summed E-state index contributed by atoms with van der Waals surface area (Å²) in [6, 6.07) is 6.65. The standard InChI is InChI=1S/C22H26FN3O/c1-16-15-24-21(27-22(2,3)4)20(25-16)26-13-11-17(12-14-26)9-10-18-7-5-6-8-19(18)23/h5-8,15,17H,11-14H2,1-4H3. The van der Waals surface area contributed by atoms with E-state index in [1.165, 1.54) is 6.07 Å². The highest BCUT2D eigenvalue weighted by Gasteiger charge is 2.25. The van der Waals surface area contributed by atoms with Crippen molar-refractivity contribution in [1.82, 2.24) is 9.97 Å². The van der Waals surface area contributed by atoms with Crippen LogP contribution in [-0.2, 0) is 0 Å². The second-order valence-corrected chi connectivity index (χ2v) is 7.87. The van der Waals surface area contributed by atoms with E-state index in [0.717, 1.165) is 37.4 Å². The topological polar surface area (TPSA) is 38.2 Å². The van der Waals surface area contributed by atoms with Gasteiger partial charge in [0.15, 0.2) is 5.82 Å². The Bertz CT molecular complexity index is 856. The first kappa shape index (κ1) is 19.2. The fourth-order valence-corrected chi connectivity index (χ4v) is 3.00. The van der Waals surface area contributed by atoms with Crippen molar-refractivity contribution in [2.75, 3.05) is 18.0 Å². The lowest BCUT2D eigenvalue weighted by molar-refractivity contribution is 0.124. The zero-order valence-corrected chi connectivity index (χ0v) is 16.4. The monoisotopic (exact) mass is 367 g/mol. The highest BCUT2D eigenvalue weighted by atomic mass is 19.1. The molecule has 1 aliphatic rings. The van der Waals surface area contributed by atoms with Crippen molar-refractivity contribution in [1.29, 1.82) is 0 Å². The molecule has 2 heterocycles. The Labute approximate surface area is 160 Å². The fraction of sp³-hybridized carbons (Fsp3) is 0.455. The summed E-state index contributed by atoms with van der Waals surface area (Å²) in [6.07, 6.45) is 3.55. The number of piperidine rings is 1. The molecule has 5 heteroatoms. The van der Waals surface area contributed by atoms with Crippen LogP contribution in [0, 0.1) is 30.5 Å². The zero-order chi connectivity index (χ0) is 19.4. The summed E-state index contributed by atoms with van der Waals surface area (Å²) in [7, 11) is 0. The van der Waals surface area contributed by atoms with Crippen molar-refractivity contribution in [3.63, 3.8) is 0 Å². The van der Waals surface area contributed by atoms with Gasteiger partial charge in [-0.15, -0.1) is 0 Å². The molecule has 0 unspecified atom stereocenters. The largest absolute Gasteiger partial charge is 0.469 e. The summed E-state index contributed by atoms with van der Waals surface area (Å²) in [5.74, 6) is 7.59. The Morgan fingerprint density at radius 2 is 1.89 bits per heavy atom. The van der Waals surface area contributed by atoms with Gasteiger partial charge >= 0.3 is 0 Å². The van der Waals surface area contributed by atoms with Gasteiger partial charge in [-0.1, -0.05) is 24.0 Å². The van der Waals surface area contributed by atoms with Crippen molar-refractivity contribution in [2.24, 2.45) is 5.92 Å². The van der Waals surface area contributed by atoms with Gasteiger partial charge in [0, 0.05) is 19.0 Å². The summed E-state index contributed by atoms with van der Waals surface area (Å²) in [6.45, 7) is 9.60. The van der Waals surface area contributed by atoms with Crippen LogP contribution in [0.25, 0.3) is 0 Å². The molecular formula is C22H26FN3O. The van der Waals surface area contributed by atoms with E-state index in [0.29, 0.717) is 11.4 Å². The molecule has 1 aliphatic heterocycles. The Kier molecular flexibility index (Phi) is 5.65. The number of rotatable bonds is 2. The van der Waals surface area contributed by atoms with Crippen LogP contribution in [0.2, 0.25) is 0 Å².